The second-order valence-electron chi connectivity index (χ2n) is 7.00. The Morgan fingerprint density at radius 1 is 1.12 bits per heavy atom. The summed E-state index contributed by atoms with van der Waals surface area (Å²) in [6.45, 7) is 0.343. The fraction of sp³-hybridized carbons (Fsp3) is 0.238. The first-order chi connectivity index (χ1) is 15.3. The number of amides is 2. The number of benzene rings is 2. The molecule has 4 rings (SSSR count). The molecule has 0 N–H and O–H groups in total. The first-order valence-electron chi connectivity index (χ1n) is 9.59. The third-order valence-corrected chi connectivity index (χ3v) is 6.01. The molecule has 11 heteroatoms. The van der Waals surface area contributed by atoms with Crippen LogP contribution in [0.5, 0.6) is 0 Å². The minimum Gasteiger partial charge on any atom is -0.282 e. The average molecular weight is 481 g/mol. The van der Waals surface area contributed by atoms with E-state index in [4.69, 9.17) is 11.6 Å². The van der Waals surface area contributed by atoms with E-state index in [2.05, 4.69) is 10.2 Å². The van der Waals surface area contributed by atoms with Gasteiger partial charge in [0.25, 0.3) is 0 Å². The molecule has 0 radical (unpaired) electrons. The molecule has 1 aromatic heterocycles. The van der Waals surface area contributed by atoms with E-state index in [1.807, 2.05) is 0 Å². The van der Waals surface area contributed by atoms with E-state index in [0.717, 1.165) is 22.7 Å². The zero-order valence-corrected chi connectivity index (χ0v) is 18.0. The van der Waals surface area contributed by atoms with E-state index >= 15 is 0 Å². The molecule has 3 aromatic rings. The van der Waals surface area contributed by atoms with Crippen molar-refractivity contribution in [2.24, 2.45) is 0 Å². The lowest BCUT2D eigenvalue weighted by molar-refractivity contribution is -0.140. The Bertz CT molecular complexity index is 1180. The van der Waals surface area contributed by atoms with Crippen LogP contribution < -0.4 is 0 Å². The molecule has 2 amide bonds. The highest BCUT2D eigenvalue weighted by atomic mass is 35.5. The van der Waals surface area contributed by atoms with Crippen molar-refractivity contribution in [2.45, 2.75) is 24.2 Å². The maximum absolute atomic E-state index is 13.8. The van der Waals surface area contributed by atoms with Crippen molar-refractivity contribution < 1.29 is 22.8 Å². The van der Waals surface area contributed by atoms with Gasteiger partial charge >= 0.3 is 6.18 Å². The zero-order chi connectivity index (χ0) is 22.9. The maximum Gasteiger partial charge on any atom is 0.418 e. The van der Waals surface area contributed by atoms with Gasteiger partial charge in [-0.25, -0.2) is 0 Å². The van der Waals surface area contributed by atoms with Crippen LogP contribution in [0.1, 0.15) is 18.4 Å². The summed E-state index contributed by atoms with van der Waals surface area (Å²) in [4.78, 5) is 25.4. The molecule has 1 aliphatic rings. The van der Waals surface area contributed by atoms with Crippen molar-refractivity contribution in [3.63, 3.8) is 0 Å². The first kappa shape index (κ1) is 22.3. The third-order valence-electron chi connectivity index (χ3n) is 4.87. The number of nitrogens with zero attached hydrogens (tertiary/aromatic N) is 4. The molecule has 2 aromatic carbocycles. The van der Waals surface area contributed by atoms with Crippen molar-refractivity contribution in [1.29, 1.82) is 0 Å². The Hall–Kier alpha value is -2.85. The van der Waals surface area contributed by atoms with Crippen molar-refractivity contribution in [3.8, 4) is 17.1 Å². The molecule has 0 atom stereocenters. The maximum atomic E-state index is 13.8. The minimum atomic E-state index is -4.62. The van der Waals surface area contributed by atoms with Gasteiger partial charge in [-0.2, -0.15) is 13.2 Å². The zero-order valence-electron chi connectivity index (χ0n) is 16.5. The SMILES string of the molecule is O=C1CCCN1C(=O)CSc1nnc(-c2cccc(Cl)c2)n1-c1ccccc1C(F)(F)F. The minimum absolute atomic E-state index is 0.0941. The summed E-state index contributed by atoms with van der Waals surface area (Å²) in [6, 6.07) is 11.6. The van der Waals surface area contributed by atoms with Gasteiger partial charge in [-0.05, 0) is 30.7 Å². The predicted molar refractivity (Wildman–Crippen MR) is 113 cm³/mol. The Kier molecular flexibility index (Phi) is 6.25. The van der Waals surface area contributed by atoms with Crippen molar-refractivity contribution in [1.82, 2.24) is 19.7 Å². The van der Waals surface area contributed by atoms with E-state index in [0.29, 0.717) is 30.0 Å². The summed E-state index contributed by atoms with van der Waals surface area (Å²) >= 11 is 6.99. The van der Waals surface area contributed by atoms with E-state index in [9.17, 15) is 22.8 Å². The highest BCUT2D eigenvalue weighted by Crippen LogP contribution is 2.37. The second kappa shape index (κ2) is 8.95. The van der Waals surface area contributed by atoms with Crippen LogP contribution in [-0.4, -0.2) is 43.8 Å². The fourth-order valence-corrected chi connectivity index (χ4v) is 4.43. The van der Waals surface area contributed by atoms with Crippen LogP contribution in [0, 0.1) is 0 Å². The summed E-state index contributed by atoms with van der Waals surface area (Å²) in [5.41, 5.74) is -0.576. The molecule has 1 saturated heterocycles. The monoisotopic (exact) mass is 480 g/mol. The predicted octanol–water partition coefficient (Wildman–Crippen LogP) is 4.85. The number of rotatable bonds is 5. The summed E-state index contributed by atoms with van der Waals surface area (Å²) in [6.07, 6.45) is -3.71. The van der Waals surface area contributed by atoms with E-state index in [1.165, 1.54) is 22.8 Å². The topological polar surface area (TPSA) is 68.1 Å². The van der Waals surface area contributed by atoms with Gasteiger partial charge in [0.1, 0.15) is 0 Å². The lowest BCUT2D eigenvalue weighted by Crippen LogP contribution is -2.33. The van der Waals surface area contributed by atoms with Crippen molar-refractivity contribution in [2.75, 3.05) is 12.3 Å². The number of likely N-dealkylation sites (tertiary alicyclic amines) is 1. The van der Waals surface area contributed by atoms with E-state index in [1.54, 1.807) is 24.3 Å². The molecule has 32 heavy (non-hydrogen) atoms. The number of para-hydroxylation sites is 1. The summed E-state index contributed by atoms with van der Waals surface area (Å²) in [5.74, 6) is -0.677. The van der Waals surface area contributed by atoms with Gasteiger partial charge in [0.15, 0.2) is 11.0 Å². The largest absolute Gasteiger partial charge is 0.418 e. The van der Waals surface area contributed by atoms with Gasteiger partial charge in [-0.15, -0.1) is 10.2 Å². The quantitative estimate of drug-likeness (QED) is 0.488. The van der Waals surface area contributed by atoms with Gasteiger partial charge in [0.05, 0.1) is 17.0 Å². The second-order valence-corrected chi connectivity index (χ2v) is 8.38. The molecule has 0 aliphatic carbocycles. The van der Waals surface area contributed by atoms with Gasteiger partial charge in [0, 0.05) is 23.6 Å². The average Bonchev–Trinajstić information content (AvgIpc) is 3.37. The normalized spacial score (nSPS) is 14.2. The van der Waals surface area contributed by atoms with Crippen LogP contribution in [-0.2, 0) is 15.8 Å². The highest BCUT2D eigenvalue weighted by Gasteiger charge is 2.35. The van der Waals surface area contributed by atoms with Crippen LogP contribution in [0.2, 0.25) is 5.02 Å². The van der Waals surface area contributed by atoms with Crippen LogP contribution in [0.15, 0.2) is 53.7 Å². The molecule has 1 fully saturated rings. The summed E-state index contributed by atoms with van der Waals surface area (Å²) < 4.78 is 42.5. The number of imide groups is 1. The number of halogens is 4. The number of carbonyl (C=O) groups excluding carboxylic acids is 2. The number of hydrogen-bond acceptors (Lipinski definition) is 5. The fourth-order valence-electron chi connectivity index (χ4n) is 3.42. The molecule has 6 nitrogen and oxygen atoms in total. The van der Waals surface area contributed by atoms with Crippen LogP contribution in [0.4, 0.5) is 13.2 Å². The van der Waals surface area contributed by atoms with Gasteiger partial charge in [-0.1, -0.05) is 47.6 Å². The molecular weight excluding hydrogens is 465 g/mol. The standard InChI is InChI=1S/C21H16ClF3N4O2S/c22-14-6-3-5-13(11-14)19-26-27-20(32-12-18(31)28-10-4-9-17(28)30)29(19)16-8-2-1-7-15(16)21(23,24)25/h1-3,5-8,11H,4,9-10,12H2. The Morgan fingerprint density at radius 3 is 2.59 bits per heavy atom. The molecule has 166 valence electrons. The Morgan fingerprint density at radius 2 is 1.91 bits per heavy atom. The number of hydrogen-bond donors (Lipinski definition) is 0. The van der Waals surface area contributed by atoms with Gasteiger partial charge in [-0.3, -0.25) is 19.1 Å². The van der Waals surface area contributed by atoms with Gasteiger partial charge in [0.2, 0.25) is 11.8 Å². The number of thioether (sulfide) groups is 1. The van der Waals surface area contributed by atoms with Crippen LogP contribution >= 0.6 is 23.4 Å². The molecule has 0 bridgehead atoms. The smallest absolute Gasteiger partial charge is 0.282 e. The van der Waals surface area contributed by atoms with Crippen LogP contribution in [0.3, 0.4) is 0 Å². The Balaban J connectivity index is 1.77. The first-order valence-corrected chi connectivity index (χ1v) is 11.0. The number of aromatic nitrogens is 3. The van der Waals surface area contributed by atoms with E-state index < -0.39 is 17.6 Å². The number of alkyl halides is 3. The van der Waals surface area contributed by atoms with Crippen molar-refractivity contribution in [3.05, 3.63) is 59.1 Å². The molecule has 1 aliphatic heterocycles. The van der Waals surface area contributed by atoms with Crippen LogP contribution in [0.25, 0.3) is 17.1 Å². The summed E-state index contributed by atoms with van der Waals surface area (Å²) in [5, 5.41) is 8.62. The van der Waals surface area contributed by atoms with Gasteiger partial charge < -0.3 is 0 Å². The molecular formula is C21H16ClF3N4O2S. The summed E-state index contributed by atoms with van der Waals surface area (Å²) in [7, 11) is 0. The number of carbonyl (C=O) groups is 2. The Labute approximate surface area is 190 Å². The van der Waals surface area contributed by atoms with E-state index in [-0.39, 0.29) is 28.3 Å². The lowest BCUT2D eigenvalue weighted by atomic mass is 10.1. The molecule has 0 unspecified atom stereocenters. The molecule has 2 heterocycles. The van der Waals surface area contributed by atoms with Crippen molar-refractivity contribution >= 4 is 35.2 Å². The molecule has 0 saturated carbocycles. The highest BCUT2D eigenvalue weighted by molar-refractivity contribution is 7.99. The lowest BCUT2D eigenvalue weighted by Gasteiger charge is -2.17. The molecule has 0 spiro atoms. The third kappa shape index (κ3) is 4.51.